The van der Waals surface area contributed by atoms with Gasteiger partial charge in [0.05, 0.1) is 0 Å². The Balaban J connectivity index is 2.94. The van der Waals surface area contributed by atoms with Gasteiger partial charge in [0.2, 0.25) is 0 Å². The normalized spacial score (nSPS) is 10.9. The van der Waals surface area contributed by atoms with E-state index in [1.165, 1.54) is 33.0 Å². The summed E-state index contributed by atoms with van der Waals surface area (Å²) in [5.74, 6) is 0. The standard InChI is InChI=1S/C14H15/c1-9-5-11(3)14-12(4)6-10(2)8-13(14)7-9/h5-7H,1-4H3. The van der Waals surface area contributed by atoms with E-state index in [1.54, 1.807) is 0 Å². The van der Waals surface area contributed by atoms with Gasteiger partial charge < -0.3 is 0 Å². The summed E-state index contributed by atoms with van der Waals surface area (Å²) in [7, 11) is 0. The zero-order chi connectivity index (χ0) is 10.3. The van der Waals surface area contributed by atoms with Crippen LogP contribution in [0.4, 0.5) is 0 Å². The minimum Gasteiger partial charge on any atom is -0.0557 e. The van der Waals surface area contributed by atoms with E-state index in [4.69, 9.17) is 0 Å². The van der Waals surface area contributed by atoms with Gasteiger partial charge >= 0.3 is 0 Å². The molecular weight excluding hydrogens is 168 g/mol. The first-order chi connectivity index (χ1) is 6.58. The Bertz CT molecular complexity index is 450. The number of hydrogen-bond donors (Lipinski definition) is 0. The van der Waals surface area contributed by atoms with Gasteiger partial charge in [0.25, 0.3) is 0 Å². The molecule has 0 saturated carbocycles. The Kier molecular flexibility index (Phi) is 2.07. The fourth-order valence-electron chi connectivity index (χ4n) is 2.24. The van der Waals surface area contributed by atoms with E-state index in [0.29, 0.717) is 0 Å². The molecular formula is C14H15. The summed E-state index contributed by atoms with van der Waals surface area (Å²) in [6, 6.07) is 10.1. The molecule has 71 valence electrons. The molecule has 14 heavy (non-hydrogen) atoms. The van der Waals surface area contributed by atoms with Crippen LogP contribution in [-0.4, -0.2) is 0 Å². The molecule has 0 unspecified atom stereocenters. The molecule has 0 aliphatic carbocycles. The maximum atomic E-state index is 3.41. The van der Waals surface area contributed by atoms with Crippen molar-refractivity contribution < 1.29 is 0 Å². The summed E-state index contributed by atoms with van der Waals surface area (Å²) in [6.45, 7) is 8.58. The predicted molar refractivity (Wildman–Crippen MR) is 61.7 cm³/mol. The molecule has 2 aromatic rings. The van der Waals surface area contributed by atoms with Crippen molar-refractivity contribution in [1.82, 2.24) is 0 Å². The van der Waals surface area contributed by atoms with Crippen LogP contribution >= 0.6 is 0 Å². The van der Waals surface area contributed by atoms with E-state index in [1.807, 2.05) is 0 Å². The fraction of sp³-hybridized carbons (Fsp3) is 0.286. The second-order valence-corrected chi connectivity index (χ2v) is 4.14. The highest BCUT2D eigenvalue weighted by Gasteiger charge is 2.02. The van der Waals surface area contributed by atoms with Crippen LogP contribution in [-0.2, 0) is 0 Å². The lowest BCUT2D eigenvalue weighted by Crippen LogP contribution is -1.87. The highest BCUT2D eigenvalue weighted by molar-refractivity contribution is 5.89. The molecule has 0 amide bonds. The predicted octanol–water partition coefficient (Wildman–Crippen LogP) is 3.87. The minimum atomic E-state index is 1.22. The first-order valence-corrected chi connectivity index (χ1v) is 4.98. The molecule has 0 saturated heterocycles. The maximum absolute atomic E-state index is 3.41. The van der Waals surface area contributed by atoms with Crippen molar-refractivity contribution in [2.24, 2.45) is 0 Å². The third-order valence-electron chi connectivity index (χ3n) is 2.64. The maximum Gasteiger partial charge on any atom is -0.00668 e. The van der Waals surface area contributed by atoms with E-state index in [-0.39, 0.29) is 0 Å². The lowest BCUT2D eigenvalue weighted by atomic mass is 9.96. The van der Waals surface area contributed by atoms with E-state index in [2.05, 4.69) is 52.0 Å². The first-order valence-electron chi connectivity index (χ1n) is 4.98. The second-order valence-electron chi connectivity index (χ2n) is 4.14. The Labute approximate surface area is 85.6 Å². The second kappa shape index (κ2) is 3.13. The van der Waals surface area contributed by atoms with Crippen molar-refractivity contribution in [2.45, 2.75) is 27.7 Å². The largest absolute Gasteiger partial charge is 0.0557 e. The van der Waals surface area contributed by atoms with Crippen molar-refractivity contribution in [3.8, 4) is 0 Å². The van der Waals surface area contributed by atoms with Crippen LogP contribution in [0.5, 0.6) is 0 Å². The van der Waals surface area contributed by atoms with Gasteiger partial charge in [-0.3, -0.25) is 0 Å². The van der Waals surface area contributed by atoms with Gasteiger partial charge in [-0.25, -0.2) is 0 Å². The molecule has 0 N–H and O–H groups in total. The molecule has 0 aliphatic heterocycles. The zero-order valence-electron chi connectivity index (χ0n) is 9.23. The quantitative estimate of drug-likeness (QED) is 0.581. The molecule has 0 fully saturated rings. The average Bonchev–Trinajstić information content (AvgIpc) is 1.99. The molecule has 0 spiro atoms. The van der Waals surface area contributed by atoms with Gasteiger partial charge in [-0.15, -0.1) is 0 Å². The van der Waals surface area contributed by atoms with Crippen LogP contribution in [0.2, 0.25) is 0 Å². The summed E-state index contributed by atoms with van der Waals surface area (Å²) in [6.07, 6.45) is 0. The van der Waals surface area contributed by atoms with Gasteiger partial charge in [0.15, 0.2) is 0 Å². The third-order valence-corrected chi connectivity index (χ3v) is 2.64. The van der Waals surface area contributed by atoms with Crippen LogP contribution in [0, 0.1) is 33.8 Å². The summed E-state index contributed by atoms with van der Waals surface area (Å²) in [5.41, 5.74) is 5.25. The van der Waals surface area contributed by atoms with Crippen molar-refractivity contribution in [3.63, 3.8) is 0 Å². The fourth-order valence-corrected chi connectivity index (χ4v) is 2.24. The van der Waals surface area contributed by atoms with Crippen LogP contribution in [0.15, 0.2) is 18.2 Å². The van der Waals surface area contributed by atoms with Crippen molar-refractivity contribution in [3.05, 3.63) is 46.5 Å². The summed E-state index contributed by atoms with van der Waals surface area (Å²) < 4.78 is 0. The summed E-state index contributed by atoms with van der Waals surface area (Å²) in [5, 5.41) is 2.61. The van der Waals surface area contributed by atoms with Gasteiger partial charge in [0.1, 0.15) is 0 Å². The Hall–Kier alpha value is -1.30. The molecule has 0 atom stereocenters. The third kappa shape index (κ3) is 1.41. The van der Waals surface area contributed by atoms with Gasteiger partial charge in [-0.1, -0.05) is 23.8 Å². The molecule has 0 bridgehead atoms. The first kappa shape index (κ1) is 9.26. The molecule has 2 rings (SSSR count). The monoisotopic (exact) mass is 183 g/mol. The number of benzene rings is 2. The van der Waals surface area contributed by atoms with Crippen molar-refractivity contribution in [2.75, 3.05) is 0 Å². The number of fused-ring (bicyclic) bond motifs is 1. The molecule has 0 heterocycles. The molecule has 0 nitrogen and oxygen atoms in total. The lowest BCUT2D eigenvalue weighted by molar-refractivity contribution is 1.37. The van der Waals surface area contributed by atoms with Crippen molar-refractivity contribution in [1.29, 1.82) is 0 Å². The SMILES string of the molecule is Cc1[c]c2cc(C)cc(C)c2c(C)c1. The van der Waals surface area contributed by atoms with Crippen LogP contribution in [0.25, 0.3) is 10.8 Å². The van der Waals surface area contributed by atoms with E-state index in [9.17, 15) is 0 Å². The topological polar surface area (TPSA) is 0 Å². The molecule has 1 radical (unpaired) electrons. The Morgan fingerprint density at radius 1 is 0.857 bits per heavy atom. The number of aryl methyl sites for hydroxylation is 4. The van der Waals surface area contributed by atoms with Crippen molar-refractivity contribution >= 4 is 10.8 Å². The molecule has 2 aromatic carbocycles. The highest BCUT2D eigenvalue weighted by atomic mass is 14.1. The highest BCUT2D eigenvalue weighted by Crippen LogP contribution is 2.24. The summed E-state index contributed by atoms with van der Waals surface area (Å²) >= 11 is 0. The Morgan fingerprint density at radius 3 is 2.21 bits per heavy atom. The molecule has 0 heteroatoms. The smallest absolute Gasteiger partial charge is 0.00668 e. The van der Waals surface area contributed by atoms with Crippen LogP contribution < -0.4 is 0 Å². The molecule has 0 aliphatic rings. The summed E-state index contributed by atoms with van der Waals surface area (Å²) in [4.78, 5) is 0. The lowest BCUT2D eigenvalue weighted by Gasteiger charge is -2.08. The van der Waals surface area contributed by atoms with E-state index >= 15 is 0 Å². The van der Waals surface area contributed by atoms with Gasteiger partial charge in [0, 0.05) is 0 Å². The van der Waals surface area contributed by atoms with Crippen LogP contribution in [0.3, 0.4) is 0 Å². The van der Waals surface area contributed by atoms with Crippen LogP contribution in [0.1, 0.15) is 22.3 Å². The minimum absolute atomic E-state index is 1.22. The van der Waals surface area contributed by atoms with E-state index < -0.39 is 0 Å². The zero-order valence-corrected chi connectivity index (χ0v) is 9.23. The Morgan fingerprint density at radius 2 is 1.50 bits per heavy atom. The number of rotatable bonds is 0. The van der Waals surface area contributed by atoms with Gasteiger partial charge in [-0.2, -0.15) is 0 Å². The van der Waals surface area contributed by atoms with E-state index in [0.717, 1.165) is 0 Å². The molecule has 0 aromatic heterocycles. The number of hydrogen-bond acceptors (Lipinski definition) is 0. The van der Waals surface area contributed by atoms with Gasteiger partial charge in [-0.05, 0) is 61.2 Å². The average molecular weight is 183 g/mol.